The fourth-order valence-corrected chi connectivity index (χ4v) is 3.54. The number of methoxy groups -OCH3 is 1. The summed E-state index contributed by atoms with van der Waals surface area (Å²) in [6.45, 7) is 1.66. The molecule has 3 rings (SSSR count). The Hall–Kier alpha value is -4.25. The monoisotopic (exact) mass is 556 g/mol. The Kier molecular flexibility index (Phi) is 9.12. The minimum absolute atomic E-state index is 0.126. The molecule has 0 saturated carbocycles. The van der Waals surface area contributed by atoms with E-state index in [1.54, 1.807) is 18.2 Å². The summed E-state index contributed by atoms with van der Waals surface area (Å²) in [4.78, 5) is 36.1. The predicted octanol–water partition coefficient (Wildman–Crippen LogP) is 4.01. The number of nitrogens with one attached hydrogen (secondary N) is 3. The zero-order chi connectivity index (χ0) is 26.1. The SMILES string of the molecule is COc1cc(/C=N\NC(=O)C(=O)Nc2ccccc2F)cc(Br)c1OCC(=O)Nc1cccc(C)c1. The highest BCUT2D eigenvalue weighted by Gasteiger charge is 2.16. The first-order chi connectivity index (χ1) is 17.3. The fourth-order valence-electron chi connectivity index (χ4n) is 2.97. The van der Waals surface area contributed by atoms with Gasteiger partial charge in [0.1, 0.15) is 5.82 Å². The normalized spacial score (nSPS) is 10.6. The third-order valence-corrected chi connectivity index (χ3v) is 5.20. The van der Waals surface area contributed by atoms with Crippen molar-refractivity contribution in [3.05, 3.63) is 82.1 Å². The lowest BCUT2D eigenvalue weighted by molar-refractivity contribution is -0.136. The molecule has 3 aromatic rings. The van der Waals surface area contributed by atoms with Crippen molar-refractivity contribution in [2.75, 3.05) is 24.4 Å². The average Bonchev–Trinajstić information content (AvgIpc) is 2.84. The number of para-hydroxylation sites is 1. The first-order valence-corrected chi connectivity index (χ1v) is 11.3. The van der Waals surface area contributed by atoms with Gasteiger partial charge in [-0.3, -0.25) is 14.4 Å². The molecule has 36 heavy (non-hydrogen) atoms. The van der Waals surface area contributed by atoms with Crippen LogP contribution in [0.4, 0.5) is 15.8 Å². The number of carbonyl (C=O) groups is 3. The van der Waals surface area contributed by atoms with Crippen LogP contribution < -0.4 is 25.5 Å². The van der Waals surface area contributed by atoms with Gasteiger partial charge in [0.25, 0.3) is 5.91 Å². The van der Waals surface area contributed by atoms with E-state index < -0.39 is 17.6 Å². The van der Waals surface area contributed by atoms with Gasteiger partial charge in [0, 0.05) is 5.69 Å². The highest BCUT2D eigenvalue weighted by molar-refractivity contribution is 9.10. The number of hydrogen-bond donors (Lipinski definition) is 3. The Morgan fingerprint density at radius 3 is 2.53 bits per heavy atom. The minimum atomic E-state index is -1.08. The molecule has 0 atom stereocenters. The Morgan fingerprint density at radius 1 is 1.03 bits per heavy atom. The minimum Gasteiger partial charge on any atom is -0.493 e. The summed E-state index contributed by atoms with van der Waals surface area (Å²) in [6.07, 6.45) is 1.27. The van der Waals surface area contributed by atoms with E-state index in [-0.39, 0.29) is 18.2 Å². The fraction of sp³-hybridized carbons (Fsp3) is 0.120. The van der Waals surface area contributed by atoms with Crippen molar-refractivity contribution in [2.24, 2.45) is 5.10 Å². The second-order valence-electron chi connectivity index (χ2n) is 7.37. The zero-order valence-corrected chi connectivity index (χ0v) is 20.9. The lowest BCUT2D eigenvalue weighted by atomic mass is 10.2. The van der Waals surface area contributed by atoms with Crippen molar-refractivity contribution in [3.63, 3.8) is 0 Å². The zero-order valence-electron chi connectivity index (χ0n) is 19.3. The first kappa shape index (κ1) is 26.4. The molecule has 0 radical (unpaired) electrons. The number of aryl methyl sites for hydroxylation is 1. The summed E-state index contributed by atoms with van der Waals surface area (Å²) in [5.41, 5.74) is 4.10. The number of hydrogen-bond acceptors (Lipinski definition) is 6. The number of benzene rings is 3. The smallest absolute Gasteiger partial charge is 0.329 e. The maximum Gasteiger partial charge on any atom is 0.329 e. The molecule has 186 valence electrons. The summed E-state index contributed by atoms with van der Waals surface area (Å²) in [5.74, 6) is -2.59. The molecule has 0 fully saturated rings. The van der Waals surface area contributed by atoms with E-state index in [0.29, 0.717) is 27.2 Å². The Labute approximate surface area is 214 Å². The van der Waals surface area contributed by atoms with Crippen LogP contribution in [-0.2, 0) is 14.4 Å². The van der Waals surface area contributed by atoms with E-state index in [4.69, 9.17) is 9.47 Å². The molecular weight excluding hydrogens is 535 g/mol. The van der Waals surface area contributed by atoms with Gasteiger partial charge in [-0.15, -0.1) is 0 Å². The summed E-state index contributed by atoms with van der Waals surface area (Å²) in [5, 5.41) is 8.65. The molecule has 0 aliphatic heterocycles. The van der Waals surface area contributed by atoms with Gasteiger partial charge in [-0.25, -0.2) is 9.82 Å². The highest BCUT2D eigenvalue weighted by Crippen LogP contribution is 2.36. The van der Waals surface area contributed by atoms with E-state index in [0.717, 1.165) is 11.6 Å². The maximum atomic E-state index is 13.6. The molecule has 11 heteroatoms. The molecule has 0 aliphatic rings. The number of anilines is 2. The van der Waals surface area contributed by atoms with Gasteiger partial charge in [0.2, 0.25) is 0 Å². The average molecular weight is 557 g/mol. The number of halogens is 2. The van der Waals surface area contributed by atoms with Gasteiger partial charge >= 0.3 is 11.8 Å². The van der Waals surface area contributed by atoms with Crippen molar-refractivity contribution < 1.29 is 28.2 Å². The van der Waals surface area contributed by atoms with E-state index in [1.165, 1.54) is 31.5 Å². The second-order valence-corrected chi connectivity index (χ2v) is 8.23. The number of rotatable bonds is 8. The molecule has 0 bridgehead atoms. The number of nitrogens with zero attached hydrogens (tertiary/aromatic N) is 1. The first-order valence-electron chi connectivity index (χ1n) is 10.5. The van der Waals surface area contributed by atoms with Crippen LogP contribution in [0.3, 0.4) is 0 Å². The topological polar surface area (TPSA) is 118 Å². The van der Waals surface area contributed by atoms with E-state index in [9.17, 15) is 18.8 Å². The van der Waals surface area contributed by atoms with Gasteiger partial charge in [0.15, 0.2) is 18.1 Å². The maximum absolute atomic E-state index is 13.6. The van der Waals surface area contributed by atoms with Crippen LogP contribution >= 0.6 is 15.9 Å². The lowest BCUT2D eigenvalue weighted by Crippen LogP contribution is -2.32. The van der Waals surface area contributed by atoms with Crippen LogP contribution in [-0.4, -0.2) is 37.7 Å². The van der Waals surface area contributed by atoms with Crippen molar-refractivity contribution in [2.45, 2.75) is 6.92 Å². The second kappa shape index (κ2) is 12.5. The molecule has 0 unspecified atom stereocenters. The molecule has 0 spiro atoms. The van der Waals surface area contributed by atoms with Crippen LogP contribution in [0.1, 0.15) is 11.1 Å². The highest BCUT2D eigenvalue weighted by atomic mass is 79.9. The molecule has 0 aromatic heterocycles. The molecular formula is C25H22BrFN4O5. The Bertz CT molecular complexity index is 1320. The van der Waals surface area contributed by atoms with E-state index in [1.807, 2.05) is 25.1 Å². The third kappa shape index (κ3) is 7.37. The molecule has 3 aromatic carbocycles. The standard InChI is InChI=1S/C25H22BrFN4O5/c1-15-6-5-7-17(10-15)29-22(32)14-36-23-18(26)11-16(12-21(23)35-2)13-28-31-25(34)24(33)30-20-9-4-3-8-19(20)27/h3-13H,14H2,1-2H3,(H,29,32)(H,30,33)(H,31,34)/b28-13-. The van der Waals surface area contributed by atoms with Crippen LogP contribution in [0.15, 0.2) is 70.2 Å². The van der Waals surface area contributed by atoms with Gasteiger partial charge in [-0.2, -0.15) is 5.10 Å². The Balaban J connectivity index is 1.59. The quantitative estimate of drug-likeness (QED) is 0.220. The van der Waals surface area contributed by atoms with Crippen molar-refractivity contribution in [1.29, 1.82) is 0 Å². The molecule has 9 nitrogen and oxygen atoms in total. The molecule has 0 saturated heterocycles. The summed E-state index contributed by atoms with van der Waals surface area (Å²) >= 11 is 3.37. The van der Waals surface area contributed by atoms with Crippen LogP contribution in [0.25, 0.3) is 0 Å². The molecule has 0 heterocycles. The van der Waals surface area contributed by atoms with Gasteiger partial charge < -0.3 is 20.1 Å². The van der Waals surface area contributed by atoms with Gasteiger partial charge in [0.05, 0.1) is 23.5 Å². The van der Waals surface area contributed by atoms with Gasteiger partial charge in [-0.05, 0) is 70.4 Å². The van der Waals surface area contributed by atoms with Crippen LogP contribution in [0, 0.1) is 12.7 Å². The van der Waals surface area contributed by atoms with Crippen molar-refractivity contribution >= 4 is 51.2 Å². The summed E-state index contributed by atoms with van der Waals surface area (Å²) in [6, 6.07) is 16.0. The number of carbonyl (C=O) groups excluding carboxylic acids is 3. The molecule has 3 N–H and O–H groups in total. The summed E-state index contributed by atoms with van der Waals surface area (Å²) in [7, 11) is 1.43. The molecule has 0 aliphatic carbocycles. The number of ether oxygens (including phenoxy) is 2. The van der Waals surface area contributed by atoms with Crippen LogP contribution in [0.5, 0.6) is 11.5 Å². The lowest BCUT2D eigenvalue weighted by Gasteiger charge is -2.13. The number of amides is 3. The van der Waals surface area contributed by atoms with Crippen LogP contribution in [0.2, 0.25) is 0 Å². The van der Waals surface area contributed by atoms with Gasteiger partial charge in [-0.1, -0.05) is 24.3 Å². The largest absolute Gasteiger partial charge is 0.493 e. The summed E-state index contributed by atoms with van der Waals surface area (Å²) < 4.78 is 25.1. The Morgan fingerprint density at radius 2 is 1.81 bits per heavy atom. The van der Waals surface area contributed by atoms with E-state index >= 15 is 0 Å². The van der Waals surface area contributed by atoms with Crippen molar-refractivity contribution in [3.8, 4) is 11.5 Å². The van der Waals surface area contributed by atoms with Crippen molar-refractivity contribution in [1.82, 2.24) is 5.43 Å². The molecule has 3 amide bonds. The predicted molar refractivity (Wildman–Crippen MR) is 137 cm³/mol. The number of hydrazone groups is 1. The third-order valence-electron chi connectivity index (χ3n) is 4.61. The van der Waals surface area contributed by atoms with E-state index in [2.05, 4.69) is 37.1 Å².